The Morgan fingerprint density at radius 1 is 1.11 bits per heavy atom. The first-order valence-electron chi connectivity index (χ1n) is 9.15. The summed E-state index contributed by atoms with van der Waals surface area (Å²) in [5.41, 5.74) is 1.60. The van der Waals surface area contributed by atoms with Crippen LogP contribution in [0.1, 0.15) is 24.4 Å². The Kier molecular flexibility index (Phi) is 6.65. The standard InChI is InChI=1S/C21H25ClN2O4/c1-26-15-7-9-19(27-2)16(12-15)18-5-4-10-24(18)13-21(25)23-17-11-14(22)6-8-20(17)28-3/h6-9,11-12,18H,4-5,10,13H2,1-3H3,(H,23,25)/t18-/m1/s1. The maximum atomic E-state index is 12.7. The van der Waals surface area contributed by atoms with Crippen molar-refractivity contribution in [2.45, 2.75) is 18.9 Å². The zero-order valence-electron chi connectivity index (χ0n) is 16.3. The van der Waals surface area contributed by atoms with Crippen molar-refractivity contribution >= 4 is 23.2 Å². The first-order valence-corrected chi connectivity index (χ1v) is 9.53. The summed E-state index contributed by atoms with van der Waals surface area (Å²) in [7, 11) is 4.86. The first-order chi connectivity index (χ1) is 13.5. The molecule has 1 amide bonds. The van der Waals surface area contributed by atoms with Crippen LogP contribution in [0, 0.1) is 0 Å². The van der Waals surface area contributed by atoms with Crippen molar-refractivity contribution < 1.29 is 19.0 Å². The fourth-order valence-corrected chi connectivity index (χ4v) is 3.79. The van der Waals surface area contributed by atoms with Crippen LogP contribution >= 0.6 is 11.6 Å². The largest absolute Gasteiger partial charge is 0.497 e. The Labute approximate surface area is 170 Å². The summed E-state index contributed by atoms with van der Waals surface area (Å²) < 4.78 is 16.2. The predicted molar refractivity (Wildman–Crippen MR) is 110 cm³/mol. The highest BCUT2D eigenvalue weighted by molar-refractivity contribution is 6.31. The number of likely N-dealkylation sites (tertiary alicyclic amines) is 1. The van der Waals surface area contributed by atoms with Crippen molar-refractivity contribution in [1.82, 2.24) is 4.90 Å². The third-order valence-electron chi connectivity index (χ3n) is 4.94. The topological polar surface area (TPSA) is 60.0 Å². The average Bonchev–Trinajstić information content (AvgIpc) is 3.15. The number of hydrogen-bond acceptors (Lipinski definition) is 5. The van der Waals surface area contributed by atoms with E-state index in [9.17, 15) is 4.79 Å². The van der Waals surface area contributed by atoms with Gasteiger partial charge >= 0.3 is 0 Å². The molecule has 1 heterocycles. The van der Waals surface area contributed by atoms with Crippen molar-refractivity contribution in [3.8, 4) is 17.2 Å². The van der Waals surface area contributed by atoms with E-state index < -0.39 is 0 Å². The van der Waals surface area contributed by atoms with E-state index >= 15 is 0 Å². The number of halogens is 1. The van der Waals surface area contributed by atoms with Crippen LogP contribution in [-0.2, 0) is 4.79 Å². The van der Waals surface area contributed by atoms with Crippen LogP contribution in [0.2, 0.25) is 5.02 Å². The summed E-state index contributed by atoms with van der Waals surface area (Å²) in [6, 6.07) is 11.0. The van der Waals surface area contributed by atoms with E-state index in [1.165, 1.54) is 0 Å². The quantitative estimate of drug-likeness (QED) is 0.751. The summed E-state index contributed by atoms with van der Waals surface area (Å²) in [4.78, 5) is 14.9. The molecule has 3 rings (SSSR count). The van der Waals surface area contributed by atoms with Gasteiger partial charge in [-0.1, -0.05) is 11.6 Å². The molecule has 28 heavy (non-hydrogen) atoms. The van der Waals surface area contributed by atoms with Gasteiger partial charge in [-0.2, -0.15) is 0 Å². The number of amides is 1. The summed E-state index contributed by atoms with van der Waals surface area (Å²) >= 11 is 6.05. The van der Waals surface area contributed by atoms with Gasteiger partial charge in [0, 0.05) is 16.6 Å². The first kappa shape index (κ1) is 20.3. The molecule has 6 nitrogen and oxygen atoms in total. The van der Waals surface area contributed by atoms with E-state index in [0.717, 1.165) is 36.4 Å². The maximum absolute atomic E-state index is 12.7. The Morgan fingerprint density at radius 3 is 2.57 bits per heavy atom. The molecule has 7 heteroatoms. The lowest BCUT2D eigenvalue weighted by Gasteiger charge is -2.26. The van der Waals surface area contributed by atoms with Gasteiger partial charge in [0.15, 0.2) is 0 Å². The Bertz CT molecular complexity index is 843. The predicted octanol–water partition coefficient (Wildman–Crippen LogP) is 4.14. The second-order valence-corrected chi connectivity index (χ2v) is 7.07. The Hall–Kier alpha value is -2.44. The molecule has 0 spiro atoms. The normalized spacial score (nSPS) is 16.6. The molecule has 150 valence electrons. The highest BCUT2D eigenvalue weighted by atomic mass is 35.5. The summed E-state index contributed by atoms with van der Waals surface area (Å²) in [5.74, 6) is 2.03. The minimum atomic E-state index is -0.116. The molecule has 0 aliphatic carbocycles. The van der Waals surface area contributed by atoms with Gasteiger partial charge in [-0.25, -0.2) is 0 Å². The Morgan fingerprint density at radius 2 is 1.86 bits per heavy atom. The highest BCUT2D eigenvalue weighted by Gasteiger charge is 2.30. The average molecular weight is 405 g/mol. The summed E-state index contributed by atoms with van der Waals surface area (Å²) in [6.45, 7) is 1.10. The molecule has 0 unspecified atom stereocenters. The van der Waals surface area contributed by atoms with Crippen LogP contribution in [0.5, 0.6) is 17.2 Å². The van der Waals surface area contributed by atoms with Crippen molar-refractivity contribution in [2.24, 2.45) is 0 Å². The van der Waals surface area contributed by atoms with E-state index in [2.05, 4.69) is 10.2 Å². The molecule has 1 N–H and O–H groups in total. The molecule has 2 aromatic rings. The van der Waals surface area contributed by atoms with Gasteiger partial charge in [0.1, 0.15) is 17.2 Å². The lowest BCUT2D eigenvalue weighted by Crippen LogP contribution is -2.33. The third kappa shape index (κ3) is 4.51. The van der Waals surface area contributed by atoms with Crippen molar-refractivity contribution in [1.29, 1.82) is 0 Å². The number of ether oxygens (including phenoxy) is 3. The zero-order chi connectivity index (χ0) is 20.1. The molecule has 0 saturated carbocycles. The second kappa shape index (κ2) is 9.17. The third-order valence-corrected chi connectivity index (χ3v) is 5.18. The fourth-order valence-electron chi connectivity index (χ4n) is 3.62. The van der Waals surface area contributed by atoms with Crippen LogP contribution < -0.4 is 19.5 Å². The molecule has 1 atom stereocenters. The number of benzene rings is 2. The molecule has 1 aliphatic rings. The number of hydrogen-bond donors (Lipinski definition) is 1. The van der Waals surface area contributed by atoms with Gasteiger partial charge in [-0.05, 0) is 55.8 Å². The SMILES string of the molecule is COc1ccc(OC)c([C@H]2CCCN2CC(=O)Nc2cc(Cl)ccc2OC)c1. The molecule has 1 fully saturated rings. The van der Waals surface area contributed by atoms with Crippen LogP contribution in [0.15, 0.2) is 36.4 Å². The van der Waals surface area contributed by atoms with Crippen molar-refractivity contribution in [2.75, 3.05) is 39.7 Å². The van der Waals surface area contributed by atoms with Gasteiger partial charge in [0.05, 0.1) is 33.6 Å². The van der Waals surface area contributed by atoms with Crippen LogP contribution in [0.25, 0.3) is 0 Å². The number of carbonyl (C=O) groups is 1. The van der Waals surface area contributed by atoms with Crippen molar-refractivity contribution in [3.05, 3.63) is 47.0 Å². The number of nitrogens with one attached hydrogen (secondary N) is 1. The highest BCUT2D eigenvalue weighted by Crippen LogP contribution is 2.38. The molecular weight excluding hydrogens is 380 g/mol. The monoisotopic (exact) mass is 404 g/mol. The van der Waals surface area contributed by atoms with Gasteiger partial charge < -0.3 is 19.5 Å². The number of nitrogens with zero attached hydrogens (tertiary/aromatic N) is 1. The number of rotatable bonds is 7. The smallest absolute Gasteiger partial charge is 0.238 e. The molecule has 0 bridgehead atoms. The van der Waals surface area contributed by atoms with E-state index in [-0.39, 0.29) is 18.5 Å². The fraction of sp³-hybridized carbons (Fsp3) is 0.381. The van der Waals surface area contributed by atoms with Crippen LogP contribution in [0.3, 0.4) is 0 Å². The lowest BCUT2D eigenvalue weighted by molar-refractivity contribution is -0.117. The molecule has 0 radical (unpaired) electrons. The van der Waals surface area contributed by atoms with Gasteiger partial charge in [-0.3, -0.25) is 9.69 Å². The molecule has 1 saturated heterocycles. The summed E-state index contributed by atoms with van der Waals surface area (Å²) in [5, 5.41) is 3.44. The Balaban J connectivity index is 1.75. The van der Waals surface area contributed by atoms with Crippen LogP contribution in [0.4, 0.5) is 5.69 Å². The molecular formula is C21H25ClN2O4. The number of methoxy groups -OCH3 is 3. The van der Waals surface area contributed by atoms with E-state index in [1.54, 1.807) is 39.5 Å². The van der Waals surface area contributed by atoms with Crippen LogP contribution in [-0.4, -0.2) is 45.2 Å². The molecule has 1 aliphatic heterocycles. The zero-order valence-corrected chi connectivity index (χ0v) is 17.1. The van der Waals surface area contributed by atoms with E-state index in [4.69, 9.17) is 25.8 Å². The van der Waals surface area contributed by atoms with E-state index in [0.29, 0.717) is 16.5 Å². The van der Waals surface area contributed by atoms with E-state index in [1.807, 2.05) is 18.2 Å². The lowest BCUT2D eigenvalue weighted by atomic mass is 10.0. The van der Waals surface area contributed by atoms with Crippen molar-refractivity contribution in [3.63, 3.8) is 0 Å². The number of anilines is 1. The molecule has 2 aromatic carbocycles. The molecule has 0 aromatic heterocycles. The number of carbonyl (C=O) groups excluding carboxylic acids is 1. The minimum Gasteiger partial charge on any atom is -0.497 e. The maximum Gasteiger partial charge on any atom is 0.238 e. The second-order valence-electron chi connectivity index (χ2n) is 6.63. The van der Waals surface area contributed by atoms with Gasteiger partial charge in [-0.15, -0.1) is 0 Å². The van der Waals surface area contributed by atoms with Gasteiger partial charge in [0.25, 0.3) is 0 Å². The van der Waals surface area contributed by atoms with Gasteiger partial charge in [0.2, 0.25) is 5.91 Å². The summed E-state index contributed by atoms with van der Waals surface area (Å²) in [6.07, 6.45) is 1.97. The minimum absolute atomic E-state index is 0.0945.